The Bertz CT molecular complexity index is 632. The van der Waals surface area contributed by atoms with Crippen molar-refractivity contribution in [2.75, 3.05) is 31.9 Å². The van der Waals surface area contributed by atoms with E-state index in [9.17, 15) is 4.39 Å². The third-order valence-electron chi connectivity index (χ3n) is 3.26. The van der Waals surface area contributed by atoms with Crippen LogP contribution in [0.15, 0.2) is 36.4 Å². The molecule has 21 heavy (non-hydrogen) atoms. The maximum atomic E-state index is 14.1. The first-order chi connectivity index (χ1) is 10.0. The van der Waals surface area contributed by atoms with E-state index in [1.54, 1.807) is 18.1 Å². The molecule has 2 N–H and O–H groups in total. The third-order valence-corrected chi connectivity index (χ3v) is 3.26. The number of ether oxygens (including phenoxy) is 2. The van der Waals surface area contributed by atoms with Crippen molar-refractivity contribution in [2.45, 2.75) is 6.54 Å². The lowest BCUT2D eigenvalue weighted by Crippen LogP contribution is -2.18. The van der Waals surface area contributed by atoms with Crippen LogP contribution in [-0.4, -0.2) is 21.3 Å². The van der Waals surface area contributed by atoms with Crippen molar-refractivity contribution in [2.24, 2.45) is 0 Å². The Morgan fingerprint density at radius 2 is 1.90 bits per heavy atom. The van der Waals surface area contributed by atoms with E-state index in [1.807, 2.05) is 31.3 Å². The van der Waals surface area contributed by atoms with Gasteiger partial charge < -0.3 is 20.1 Å². The second-order valence-electron chi connectivity index (χ2n) is 4.75. The molecule has 2 aromatic carbocycles. The molecule has 0 atom stereocenters. The van der Waals surface area contributed by atoms with Gasteiger partial charge >= 0.3 is 0 Å². The number of rotatable bonds is 5. The van der Waals surface area contributed by atoms with Gasteiger partial charge in [-0.15, -0.1) is 0 Å². The summed E-state index contributed by atoms with van der Waals surface area (Å²) in [6.07, 6.45) is 0. The Hall–Kier alpha value is -2.43. The average Bonchev–Trinajstić information content (AvgIpc) is 2.47. The van der Waals surface area contributed by atoms with Crippen LogP contribution in [0, 0.1) is 5.82 Å². The van der Waals surface area contributed by atoms with Crippen LogP contribution < -0.4 is 20.1 Å². The second kappa shape index (κ2) is 6.35. The molecule has 0 saturated carbocycles. The highest BCUT2D eigenvalue weighted by Crippen LogP contribution is 2.31. The van der Waals surface area contributed by atoms with E-state index >= 15 is 0 Å². The lowest BCUT2D eigenvalue weighted by molar-refractivity contribution is 0.414. The summed E-state index contributed by atoms with van der Waals surface area (Å²) >= 11 is 0. The number of nitrogens with zero attached hydrogens (tertiary/aromatic N) is 1. The topological polar surface area (TPSA) is 47.7 Å². The highest BCUT2D eigenvalue weighted by molar-refractivity contribution is 5.63. The Morgan fingerprint density at radius 3 is 2.57 bits per heavy atom. The molecule has 0 spiro atoms. The highest BCUT2D eigenvalue weighted by atomic mass is 19.1. The summed E-state index contributed by atoms with van der Waals surface area (Å²) in [7, 11) is 4.94. The second-order valence-corrected chi connectivity index (χ2v) is 4.75. The van der Waals surface area contributed by atoms with Crippen molar-refractivity contribution in [1.82, 2.24) is 0 Å². The van der Waals surface area contributed by atoms with Gasteiger partial charge in [-0.2, -0.15) is 0 Å². The maximum absolute atomic E-state index is 14.1. The van der Waals surface area contributed by atoms with Gasteiger partial charge in [0.1, 0.15) is 17.3 Å². The minimum atomic E-state index is -0.376. The normalized spacial score (nSPS) is 10.3. The average molecular weight is 290 g/mol. The first kappa shape index (κ1) is 15.0. The third kappa shape index (κ3) is 3.37. The zero-order valence-corrected chi connectivity index (χ0v) is 12.4. The number of nitrogen functional groups attached to an aromatic ring is 1. The molecule has 5 heteroatoms. The zero-order chi connectivity index (χ0) is 15.4. The van der Waals surface area contributed by atoms with E-state index in [1.165, 1.54) is 13.2 Å². The van der Waals surface area contributed by atoms with Gasteiger partial charge in [0.05, 0.1) is 25.6 Å². The Morgan fingerprint density at radius 1 is 1.14 bits per heavy atom. The van der Waals surface area contributed by atoms with E-state index in [-0.39, 0.29) is 11.5 Å². The Labute approximate surface area is 123 Å². The number of hydrogen-bond acceptors (Lipinski definition) is 4. The molecular weight excluding hydrogens is 271 g/mol. The van der Waals surface area contributed by atoms with Crippen LogP contribution in [0.25, 0.3) is 0 Å². The molecule has 0 amide bonds. The molecule has 0 aliphatic carbocycles. The molecule has 0 radical (unpaired) electrons. The summed E-state index contributed by atoms with van der Waals surface area (Å²) in [6.45, 7) is 0.543. The molecule has 0 heterocycles. The molecule has 0 aliphatic heterocycles. The van der Waals surface area contributed by atoms with Crippen LogP contribution in [0.5, 0.6) is 11.5 Å². The fourth-order valence-corrected chi connectivity index (χ4v) is 2.16. The van der Waals surface area contributed by atoms with Gasteiger partial charge in [-0.1, -0.05) is 12.1 Å². The van der Waals surface area contributed by atoms with Crippen LogP contribution >= 0.6 is 0 Å². The maximum Gasteiger partial charge on any atom is 0.148 e. The van der Waals surface area contributed by atoms with Crippen molar-refractivity contribution in [3.63, 3.8) is 0 Å². The number of halogens is 1. The molecule has 0 fully saturated rings. The van der Waals surface area contributed by atoms with Crippen LogP contribution in [0.3, 0.4) is 0 Å². The quantitative estimate of drug-likeness (QED) is 0.860. The summed E-state index contributed by atoms with van der Waals surface area (Å²) in [5, 5.41) is 0. The predicted molar refractivity (Wildman–Crippen MR) is 82.5 cm³/mol. The number of anilines is 2. The molecule has 0 aromatic heterocycles. The number of nitrogens with two attached hydrogens (primary N) is 1. The van der Waals surface area contributed by atoms with Crippen molar-refractivity contribution in [3.8, 4) is 11.5 Å². The summed E-state index contributed by atoms with van der Waals surface area (Å²) < 4.78 is 24.4. The number of benzene rings is 2. The van der Waals surface area contributed by atoms with Gasteiger partial charge in [-0.05, 0) is 17.7 Å². The first-order valence-electron chi connectivity index (χ1n) is 6.52. The minimum absolute atomic E-state index is 0.286. The lowest BCUT2D eigenvalue weighted by atomic mass is 10.2. The van der Waals surface area contributed by atoms with Crippen molar-refractivity contribution < 1.29 is 13.9 Å². The molecule has 0 aliphatic rings. The fourth-order valence-electron chi connectivity index (χ4n) is 2.16. The summed E-state index contributed by atoms with van der Waals surface area (Å²) in [4.78, 5) is 1.80. The zero-order valence-electron chi connectivity index (χ0n) is 12.4. The first-order valence-corrected chi connectivity index (χ1v) is 6.52. The van der Waals surface area contributed by atoms with Crippen molar-refractivity contribution >= 4 is 11.4 Å². The van der Waals surface area contributed by atoms with E-state index in [2.05, 4.69) is 0 Å². The van der Waals surface area contributed by atoms with Gasteiger partial charge in [0.25, 0.3) is 0 Å². The van der Waals surface area contributed by atoms with Gasteiger partial charge in [-0.25, -0.2) is 4.39 Å². The van der Waals surface area contributed by atoms with Crippen LogP contribution in [0.1, 0.15) is 5.56 Å². The van der Waals surface area contributed by atoms with Gasteiger partial charge in [0.2, 0.25) is 0 Å². The molecule has 112 valence electrons. The standard InChI is InChI=1S/C16H19FN2O2/c1-19(10-11-5-4-6-12(7-11)20-2)15-9-16(21-3)14(18)8-13(15)17/h4-9H,10,18H2,1-3H3. The van der Waals surface area contributed by atoms with Gasteiger partial charge in [-0.3, -0.25) is 0 Å². The molecule has 0 unspecified atom stereocenters. The van der Waals surface area contributed by atoms with Gasteiger partial charge in [0.15, 0.2) is 0 Å². The van der Waals surface area contributed by atoms with Crippen LogP contribution in [0.2, 0.25) is 0 Å². The van der Waals surface area contributed by atoms with Crippen molar-refractivity contribution in [3.05, 3.63) is 47.8 Å². The Kier molecular flexibility index (Phi) is 4.52. The number of hydrogen-bond donors (Lipinski definition) is 1. The van der Waals surface area contributed by atoms with E-state index < -0.39 is 0 Å². The molecule has 0 bridgehead atoms. The SMILES string of the molecule is COc1cccc(CN(C)c2cc(OC)c(N)cc2F)c1. The summed E-state index contributed by atoms with van der Waals surface area (Å²) in [5.41, 5.74) is 7.43. The van der Waals surface area contributed by atoms with Crippen LogP contribution in [0.4, 0.5) is 15.8 Å². The van der Waals surface area contributed by atoms with Crippen LogP contribution in [-0.2, 0) is 6.54 Å². The number of methoxy groups -OCH3 is 2. The molecule has 4 nitrogen and oxygen atoms in total. The van der Waals surface area contributed by atoms with E-state index in [4.69, 9.17) is 15.2 Å². The van der Waals surface area contributed by atoms with E-state index in [0.29, 0.717) is 18.0 Å². The van der Waals surface area contributed by atoms with Gasteiger partial charge in [0, 0.05) is 25.7 Å². The largest absolute Gasteiger partial charge is 0.497 e. The summed E-state index contributed by atoms with van der Waals surface area (Å²) in [5.74, 6) is 0.860. The monoisotopic (exact) mass is 290 g/mol. The van der Waals surface area contributed by atoms with E-state index in [0.717, 1.165) is 11.3 Å². The molecule has 2 aromatic rings. The summed E-state index contributed by atoms with van der Waals surface area (Å²) in [6, 6.07) is 10.5. The van der Waals surface area contributed by atoms with Crippen molar-refractivity contribution in [1.29, 1.82) is 0 Å². The fraction of sp³-hybridized carbons (Fsp3) is 0.250. The molecular formula is C16H19FN2O2. The lowest BCUT2D eigenvalue weighted by Gasteiger charge is -2.21. The smallest absolute Gasteiger partial charge is 0.148 e. The molecule has 0 saturated heterocycles. The predicted octanol–water partition coefficient (Wildman–Crippen LogP) is 3.06. The minimum Gasteiger partial charge on any atom is -0.497 e. The highest BCUT2D eigenvalue weighted by Gasteiger charge is 2.12. The molecule has 2 rings (SSSR count). The Balaban J connectivity index is 2.25.